The minimum atomic E-state index is 0.604. The van der Waals surface area contributed by atoms with Gasteiger partial charge in [-0.3, -0.25) is 0 Å². The molecule has 0 bridgehead atoms. The summed E-state index contributed by atoms with van der Waals surface area (Å²) in [6.07, 6.45) is 3.97. The van der Waals surface area contributed by atoms with Crippen LogP contribution in [0.15, 0.2) is 36.5 Å². The molecule has 1 N–H and O–H groups in total. The molecule has 0 aliphatic carbocycles. The number of aromatic nitrogens is 3. The molecule has 2 rings (SSSR count). The van der Waals surface area contributed by atoms with Crippen molar-refractivity contribution in [2.45, 2.75) is 33.2 Å². The number of hydrogen-bond donors (Lipinski definition) is 1. The summed E-state index contributed by atoms with van der Waals surface area (Å²) in [5, 5.41) is 11.3. The van der Waals surface area contributed by atoms with E-state index in [9.17, 15) is 0 Å². The fraction of sp³-hybridized carbons (Fsp3) is 0.438. The zero-order valence-corrected chi connectivity index (χ0v) is 12.8. The Balaban J connectivity index is 2.05. The van der Waals surface area contributed by atoms with Crippen LogP contribution in [0, 0.1) is 0 Å². The lowest BCUT2D eigenvalue weighted by molar-refractivity contribution is 0.787. The normalized spacial score (nSPS) is 10.4. The smallest absolute Gasteiger partial charge is 0.244 e. The number of benzene rings is 1. The monoisotopic (exact) mass is 285 g/mol. The molecule has 112 valence electrons. The van der Waals surface area contributed by atoms with Gasteiger partial charge in [-0.15, -0.1) is 5.10 Å². The molecule has 0 aliphatic heterocycles. The highest BCUT2D eigenvalue weighted by molar-refractivity contribution is 5.41. The molecule has 0 saturated heterocycles. The molecule has 1 aromatic carbocycles. The van der Waals surface area contributed by atoms with Gasteiger partial charge in [-0.2, -0.15) is 10.1 Å². The molecule has 0 fully saturated rings. The van der Waals surface area contributed by atoms with Gasteiger partial charge < -0.3 is 10.2 Å². The van der Waals surface area contributed by atoms with Crippen LogP contribution in [0.5, 0.6) is 0 Å². The summed E-state index contributed by atoms with van der Waals surface area (Å²) in [4.78, 5) is 6.74. The van der Waals surface area contributed by atoms with Crippen molar-refractivity contribution in [2.75, 3.05) is 23.3 Å². The lowest BCUT2D eigenvalue weighted by Crippen LogP contribution is -2.24. The summed E-state index contributed by atoms with van der Waals surface area (Å²) in [7, 11) is 0. The number of hydrogen-bond acceptors (Lipinski definition) is 5. The lowest BCUT2D eigenvalue weighted by atomic mass is 10.2. The van der Waals surface area contributed by atoms with E-state index in [0.29, 0.717) is 5.95 Å². The maximum Gasteiger partial charge on any atom is 0.244 e. The Kier molecular flexibility index (Phi) is 5.94. The molecular formula is C16H23N5. The fourth-order valence-corrected chi connectivity index (χ4v) is 2.06. The molecule has 2 aromatic rings. The molecule has 0 radical (unpaired) electrons. The van der Waals surface area contributed by atoms with Crippen LogP contribution in [-0.2, 0) is 6.54 Å². The minimum absolute atomic E-state index is 0.604. The van der Waals surface area contributed by atoms with E-state index in [0.717, 1.165) is 38.3 Å². The molecule has 0 atom stereocenters. The maximum atomic E-state index is 4.55. The first-order valence-electron chi connectivity index (χ1n) is 7.56. The van der Waals surface area contributed by atoms with Crippen molar-refractivity contribution in [2.24, 2.45) is 0 Å². The highest BCUT2D eigenvalue weighted by atomic mass is 15.3. The first-order valence-corrected chi connectivity index (χ1v) is 7.56. The minimum Gasteiger partial charge on any atom is -0.353 e. The van der Waals surface area contributed by atoms with Crippen molar-refractivity contribution in [3.8, 4) is 0 Å². The van der Waals surface area contributed by atoms with Gasteiger partial charge in [-0.1, -0.05) is 43.7 Å². The van der Waals surface area contributed by atoms with Crippen LogP contribution in [0.1, 0.15) is 32.3 Å². The third-order valence-electron chi connectivity index (χ3n) is 3.28. The SMILES string of the molecule is CCCCNc1nncc(N(CC)Cc2ccccc2)n1. The first-order chi connectivity index (χ1) is 10.3. The zero-order chi connectivity index (χ0) is 14.9. The Hall–Kier alpha value is -2.17. The predicted molar refractivity (Wildman–Crippen MR) is 86.4 cm³/mol. The first kappa shape index (κ1) is 15.2. The summed E-state index contributed by atoms with van der Waals surface area (Å²) in [6, 6.07) is 10.4. The maximum absolute atomic E-state index is 4.55. The van der Waals surface area contributed by atoms with Gasteiger partial charge in [0.1, 0.15) is 0 Å². The molecule has 0 aliphatic rings. The summed E-state index contributed by atoms with van der Waals surface area (Å²) >= 11 is 0. The molecular weight excluding hydrogens is 262 g/mol. The highest BCUT2D eigenvalue weighted by Crippen LogP contribution is 2.14. The molecule has 0 spiro atoms. The zero-order valence-electron chi connectivity index (χ0n) is 12.8. The van der Waals surface area contributed by atoms with E-state index in [1.807, 2.05) is 6.07 Å². The summed E-state index contributed by atoms with van der Waals surface area (Å²) < 4.78 is 0. The van der Waals surface area contributed by atoms with Crippen molar-refractivity contribution >= 4 is 11.8 Å². The molecule has 0 unspecified atom stereocenters. The van der Waals surface area contributed by atoms with Gasteiger partial charge in [0.05, 0.1) is 6.20 Å². The predicted octanol–water partition coefficient (Wildman–Crippen LogP) is 3.11. The highest BCUT2D eigenvalue weighted by Gasteiger charge is 2.08. The standard InChI is InChI=1S/C16H23N5/c1-3-5-11-17-16-19-15(12-18-20-16)21(4-2)13-14-9-7-6-8-10-14/h6-10,12H,3-5,11,13H2,1-2H3,(H,17,19,20). The molecule has 1 aromatic heterocycles. The van der Waals surface area contributed by atoms with Crippen molar-refractivity contribution in [3.05, 3.63) is 42.1 Å². The van der Waals surface area contributed by atoms with Gasteiger partial charge in [-0.05, 0) is 18.9 Å². The average molecular weight is 285 g/mol. The summed E-state index contributed by atoms with van der Waals surface area (Å²) in [5.41, 5.74) is 1.26. The van der Waals surface area contributed by atoms with Gasteiger partial charge in [0.15, 0.2) is 5.82 Å². The summed E-state index contributed by atoms with van der Waals surface area (Å²) in [6.45, 7) is 6.87. The van der Waals surface area contributed by atoms with E-state index in [1.165, 1.54) is 5.56 Å². The fourth-order valence-electron chi connectivity index (χ4n) is 2.06. The second-order valence-corrected chi connectivity index (χ2v) is 4.92. The van der Waals surface area contributed by atoms with E-state index in [4.69, 9.17) is 0 Å². The Morgan fingerprint density at radius 1 is 1.14 bits per heavy atom. The molecule has 21 heavy (non-hydrogen) atoms. The average Bonchev–Trinajstić information content (AvgIpc) is 2.54. The van der Waals surface area contributed by atoms with Crippen LogP contribution in [0.2, 0.25) is 0 Å². The third-order valence-corrected chi connectivity index (χ3v) is 3.28. The molecule has 1 heterocycles. The number of unbranched alkanes of at least 4 members (excludes halogenated alkanes) is 1. The van der Waals surface area contributed by atoms with Crippen molar-refractivity contribution in [3.63, 3.8) is 0 Å². The topological polar surface area (TPSA) is 53.9 Å². The van der Waals surface area contributed by atoms with E-state index in [1.54, 1.807) is 6.20 Å². The largest absolute Gasteiger partial charge is 0.353 e. The number of nitrogens with zero attached hydrogens (tertiary/aromatic N) is 4. The van der Waals surface area contributed by atoms with Crippen LogP contribution in [-0.4, -0.2) is 28.3 Å². The quantitative estimate of drug-likeness (QED) is 0.755. The molecule has 0 saturated carbocycles. The molecule has 0 amide bonds. The Labute approximate surface area is 126 Å². The van der Waals surface area contributed by atoms with Gasteiger partial charge in [-0.25, -0.2) is 0 Å². The third kappa shape index (κ3) is 4.70. The number of anilines is 2. The van der Waals surface area contributed by atoms with Crippen LogP contribution < -0.4 is 10.2 Å². The Morgan fingerprint density at radius 3 is 2.67 bits per heavy atom. The summed E-state index contributed by atoms with van der Waals surface area (Å²) in [5.74, 6) is 1.46. The number of nitrogens with one attached hydrogen (secondary N) is 1. The van der Waals surface area contributed by atoms with Crippen molar-refractivity contribution < 1.29 is 0 Å². The van der Waals surface area contributed by atoms with E-state index in [-0.39, 0.29) is 0 Å². The van der Waals surface area contributed by atoms with Gasteiger partial charge in [0.25, 0.3) is 0 Å². The van der Waals surface area contributed by atoms with E-state index >= 15 is 0 Å². The molecule has 5 heteroatoms. The van der Waals surface area contributed by atoms with E-state index in [2.05, 4.69) is 63.5 Å². The van der Waals surface area contributed by atoms with Crippen LogP contribution in [0.3, 0.4) is 0 Å². The van der Waals surface area contributed by atoms with E-state index < -0.39 is 0 Å². The second kappa shape index (κ2) is 8.19. The van der Waals surface area contributed by atoms with Crippen molar-refractivity contribution in [1.82, 2.24) is 15.2 Å². The number of rotatable bonds is 8. The van der Waals surface area contributed by atoms with Gasteiger partial charge >= 0.3 is 0 Å². The van der Waals surface area contributed by atoms with Crippen LogP contribution in [0.4, 0.5) is 11.8 Å². The second-order valence-electron chi connectivity index (χ2n) is 4.92. The Bertz CT molecular complexity index is 529. The Morgan fingerprint density at radius 2 is 1.95 bits per heavy atom. The molecule has 5 nitrogen and oxygen atoms in total. The van der Waals surface area contributed by atoms with Gasteiger partial charge in [0.2, 0.25) is 5.95 Å². The van der Waals surface area contributed by atoms with Gasteiger partial charge in [0, 0.05) is 19.6 Å². The lowest BCUT2D eigenvalue weighted by Gasteiger charge is -2.21. The van der Waals surface area contributed by atoms with Crippen molar-refractivity contribution in [1.29, 1.82) is 0 Å². The van der Waals surface area contributed by atoms with Crippen LogP contribution >= 0.6 is 0 Å². The van der Waals surface area contributed by atoms with Crippen LogP contribution in [0.25, 0.3) is 0 Å².